The van der Waals surface area contributed by atoms with E-state index in [9.17, 15) is 18.3 Å². The molecule has 0 amide bonds. The molecule has 20 heavy (non-hydrogen) atoms. The Bertz CT molecular complexity index is 616. The first kappa shape index (κ1) is 14.2. The van der Waals surface area contributed by atoms with Crippen LogP contribution in [0.1, 0.15) is 24.9 Å². The van der Waals surface area contributed by atoms with Crippen LogP contribution in [0.5, 0.6) is 5.75 Å². The molecule has 0 saturated carbocycles. The van der Waals surface area contributed by atoms with Gasteiger partial charge in [0.05, 0.1) is 11.7 Å². The minimum atomic E-state index is -1.51. The summed E-state index contributed by atoms with van der Waals surface area (Å²) in [5, 5.41) is 12.6. The van der Waals surface area contributed by atoms with Crippen molar-refractivity contribution in [2.24, 2.45) is 0 Å². The molecule has 1 atom stereocenters. The molecule has 2 N–H and O–H groups in total. The second kappa shape index (κ2) is 5.86. The summed E-state index contributed by atoms with van der Waals surface area (Å²) >= 11 is 0. The molecule has 0 spiro atoms. The molecule has 0 heterocycles. The van der Waals surface area contributed by atoms with Crippen LogP contribution in [0, 0.1) is 17.5 Å². The molecule has 0 bridgehead atoms. The Morgan fingerprint density at radius 3 is 2.40 bits per heavy atom. The number of phenolic OH excluding ortho intramolecular Hbond substituents is 1. The van der Waals surface area contributed by atoms with Crippen LogP contribution in [0.3, 0.4) is 0 Å². The van der Waals surface area contributed by atoms with Gasteiger partial charge < -0.3 is 10.4 Å². The van der Waals surface area contributed by atoms with Gasteiger partial charge >= 0.3 is 0 Å². The quantitative estimate of drug-likeness (QED) is 0.815. The molecule has 0 aliphatic rings. The number of hydrogen-bond donors (Lipinski definition) is 2. The molecule has 0 radical (unpaired) electrons. The van der Waals surface area contributed by atoms with E-state index >= 15 is 0 Å². The van der Waals surface area contributed by atoms with E-state index in [-0.39, 0.29) is 11.4 Å². The highest BCUT2D eigenvalue weighted by molar-refractivity contribution is 5.49. The SMILES string of the molecule is CCC(Nc1ccc(F)c(F)c1F)c1ccccc1O. The van der Waals surface area contributed by atoms with Crippen LogP contribution < -0.4 is 5.32 Å². The molecule has 2 nitrogen and oxygen atoms in total. The van der Waals surface area contributed by atoms with Gasteiger partial charge in [-0.05, 0) is 24.6 Å². The number of nitrogens with one attached hydrogen (secondary N) is 1. The number of halogens is 3. The topological polar surface area (TPSA) is 32.3 Å². The molecule has 0 fully saturated rings. The average Bonchev–Trinajstić information content (AvgIpc) is 2.45. The van der Waals surface area contributed by atoms with Gasteiger partial charge in [-0.2, -0.15) is 0 Å². The van der Waals surface area contributed by atoms with Crippen molar-refractivity contribution in [1.82, 2.24) is 0 Å². The number of hydrogen-bond acceptors (Lipinski definition) is 2. The van der Waals surface area contributed by atoms with E-state index < -0.39 is 23.5 Å². The maximum atomic E-state index is 13.6. The Kier molecular flexibility index (Phi) is 4.17. The molecular formula is C15H14F3NO. The highest BCUT2D eigenvalue weighted by atomic mass is 19.2. The van der Waals surface area contributed by atoms with E-state index in [0.717, 1.165) is 12.1 Å². The summed E-state index contributed by atoms with van der Waals surface area (Å²) in [5.74, 6) is -3.94. The first-order chi connectivity index (χ1) is 9.54. The lowest BCUT2D eigenvalue weighted by Gasteiger charge is -2.20. The zero-order chi connectivity index (χ0) is 14.7. The van der Waals surface area contributed by atoms with Crippen LogP contribution in [-0.4, -0.2) is 5.11 Å². The van der Waals surface area contributed by atoms with Crippen molar-refractivity contribution in [3.05, 3.63) is 59.4 Å². The summed E-state index contributed by atoms with van der Waals surface area (Å²) in [4.78, 5) is 0. The Morgan fingerprint density at radius 2 is 1.75 bits per heavy atom. The van der Waals surface area contributed by atoms with Crippen molar-refractivity contribution in [2.45, 2.75) is 19.4 Å². The number of benzene rings is 2. The van der Waals surface area contributed by atoms with Gasteiger partial charge in [0.2, 0.25) is 0 Å². The van der Waals surface area contributed by atoms with E-state index in [1.807, 2.05) is 6.92 Å². The molecule has 0 aromatic heterocycles. The van der Waals surface area contributed by atoms with Crippen molar-refractivity contribution < 1.29 is 18.3 Å². The molecule has 106 valence electrons. The van der Waals surface area contributed by atoms with Gasteiger partial charge in [0.25, 0.3) is 0 Å². The van der Waals surface area contributed by atoms with Gasteiger partial charge in [-0.15, -0.1) is 0 Å². The first-order valence-corrected chi connectivity index (χ1v) is 6.22. The maximum Gasteiger partial charge on any atom is 0.196 e. The fourth-order valence-electron chi connectivity index (χ4n) is 2.01. The van der Waals surface area contributed by atoms with Gasteiger partial charge in [-0.1, -0.05) is 25.1 Å². The first-order valence-electron chi connectivity index (χ1n) is 6.22. The monoisotopic (exact) mass is 281 g/mol. The Hall–Kier alpha value is -2.17. The standard InChI is InChI=1S/C15H14F3NO/c1-2-11(9-5-3-4-6-13(9)20)19-12-8-7-10(16)14(17)15(12)18/h3-8,11,19-20H,2H2,1H3. The molecule has 1 unspecified atom stereocenters. The summed E-state index contributed by atoms with van der Waals surface area (Å²) in [6.45, 7) is 1.84. The van der Waals surface area contributed by atoms with E-state index in [1.165, 1.54) is 6.07 Å². The molecule has 0 saturated heterocycles. The normalized spacial score (nSPS) is 12.2. The van der Waals surface area contributed by atoms with Crippen LogP contribution in [0.2, 0.25) is 0 Å². The zero-order valence-corrected chi connectivity index (χ0v) is 10.8. The molecule has 5 heteroatoms. The van der Waals surface area contributed by atoms with Crippen LogP contribution >= 0.6 is 0 Å². The lowest BCUT2D eigenvalue weighted by molar-refractivity contribution is 0.447. The van der Waals surface area contributed by atoms with Crippen molar-refractivity contribution in [3.63, 3.8) is 0 Å². The smallest absolute Gasteiger partial charge is 0.196 e. The minimum Gasteiger partial charge on any atom is -0.508 e. The zero-order valence-electron chi connectivity index (χ0n) is 10.8. The Morgan fingerprint density at radius 1 is 1.05 bits per heavy atom. The summed E-state index contributed by atoms with van der Waals surface area (Å²) in [7, 11) is 0. The predicted octanol–water partition coefficient (Wildman–Crippen LogP) is 4.37. The van der Waals surface area contributed by atoms with E-state index in [4.69, 9.17) is 0 Å². The van der Waals surface area contributed by atoms with Crippen molar-refractivity contribution in [2.75, 3.05) is 5.32 Å². The minimum absolute atomic E-state index is 0.0647. The fraction of sp³-hybridized carbons (Fsp3) is 0.200. The van der Waals surface area contributed by atoms with Gasteiger partial charge in [-0.25, -0.2) is 13.2 Å². The van der Waals surface area contributed by atoms with E-state index in [1.54, 1.807) is 18.2 Å². The third kappa shape index (κ3) is 2.71. The lowest BCUT2D eigenvalue weighted by Crippen LogP contribution is -2.12. The molecule has 2 rings (SSSR count). The average molecular weight is 281 g/mol. The predicted molar refractivity (Wildman–Crippen MR) is 71.1 cm³/mol. The largest absolute Gasteiger partial charge is 0.508 e. The van der Waals surface area contributed by atoms with Gasteiger partial charge in [0, 0.05) is 5.56 Å². The lowest BCUT2D eigenvalue weighted by atomic mass is 10.0. The Balaban J connectivity index is 2.32. The Labute approximate surface area is 114 Å². The highest BCUT2D eigenvalue weighted by Crippen LogP contribution is 2.30. The third-order valence-electron chi connectivity index (χ3n) is 3.09. The van der Waals surface area contributed by atoms with Crippen LogP contribution in [0.15, 0.2) is 36.4 Å². The molecule has 2 aromatic rings. The summed E-state index contributed by atoms with van der Waals surface area (Å²) in [6.07, 6.45) is 0.538. The van der Waals surface area contributed by atoms with E-state index in [0.29, 0.717) is 12.0 Å². The second-order valence-electron chi connectivity index (χ2n) is 4.39. The van der Waals surface area contributed by atoms with Crippen LogP contribution in [0.25, 0.3) is 0 Å². The van der Waals surface area contributed by atoms with Crippen molar-refractivity contribution in [3.8, 4) is 5.75 Å². The number of phenols is 1. The van der Waals surface area contributed by atoms with E-state index in [2.05, 4.69) is 5.32 Å². The molecular weight excluding hydrogens is 267 g/mol. The van der Waals surface area contributed by atoms with Crippen molar-refractivity contribution in [1.29, 1.82) is 0 Å². The highest BCUT2D eigenvalue weighted by Gasteiger charge is 2.18. The van der Waals surface area contributed by atoms with Crippen LogP contribution in [-0.2, 0) is 0 Å². The number of para-hydroxylation sites is 1. The summed E-state index contributed by atoms with van der Waals surface area (Å²) < 4.78 is 39.7. The molecule has 0 aliphatic carbocycles. The van der Waals surface area contributed by atoms with Gasteiger partial charge in [-0.3, -0.25) is 0 Å². The van der Waals surface area contributed by atoms with Gasteiger partial charge in [0.15, 0.2) is 17.5 Å². The van der Waals surface area contributed by atoms with Crippen LogP contribution in [0.4, 0.5) is 18.9 Å². The summed E-state index contributed by atoms with van der Waals surface area (Å²) in [6, 6.07) is 8.20. The third-order valence-corrected chi connectivity index (χ3v) is 3.09. The van der Waals surface area contributed by atoms with Crippen molar-refractivity contribution >= 4 is 5.69 Å². The summed E-state index contributed by atoms with van der Waals surface area (Å²) in [5.41, 5.74) is 0.429. The molecule has 0 aliphatic heterocycles. The number of rotatable bonds is 4. The number of anilines is 1. The second-order valence-corrected chi connectivity index (χ2v) is 4.39. The fourth-order valence-corrected chi connectivity index (χ4v) is 2.01. The van der Waals surface area contributed by atoms with Gasteiger partial charge in [0.1, 0.15) is 5.75 Å². The maximum absolute atomic E-state index is 13.6. The number of aromatic hydroxyl groups is 1. The molecule has 2 aromatic carbocycles.